The van der Waals surface area contributed by atoms with E-state index in [0.717, 1.165) is 28.2 Å². The van der Waals surface area contributed by atoms with Crippen LogP contribution in [0.3, 0.4) is 0 Å². The van der Waals surface area contributed by atoms with Crippen molar-refractivity contribution >= 4 is 44.2 Å². The van der Waals surface area contributed by atoms with E-state index in [0.29, 0.717) is 0 Å². The molecule has 1 atom stereocenters. The molecule has 1 aliphatic carbocycles. The van der Waals surface area contributed by atoms with Crippen molar-refractivity contribution in [3.05, 3.63) is 53.3 Å². The topological polar surface area (TPSA) is 101 Å². The number of amides is 1. The summed E-state index contributed by atoms with van der Waals surface area (Å²) < 4.78 is 1.14. The number of pyridine rings is 1. The third kappa shape index (κ3) is 3.50. The molecule has 0 bridgehead atoms. The number of primary amides is 1. The normalized spacial score (nSPS) is 21.4. The highest BCUT2D eigenvalue weighted by Gasteiger charge is 2.43. The maximum atomic E-state index is 12.0. The molecule has 2 heterocycles. The Morgan fingerprint density at radius 2 is 2.11 bits per heavy atom. The molecular formula is C19H19ClN4O2S. The molecule has 3 aromatic rings. The van der Waals surface area contributed by atoms with Gasteiger partial charge in [-0.3, -0.25) is 4.79 Å². The molecule has 1 aliphatic rings. The summed E-state index contributed by atoms with van der Waals surface area (Å²) in [6.45, 7) is 0. The smallest absolute Gasteiger partial charge is 0.254 e. The highest BCUT2D eigenvalue weighted by Crippen LogP contribution is 2.41. The van der Waals surface area contributed by atoms with E-state index in [-0.39, 0.29) is 29.1 Å². The summed E-state index contributed by atoms with van der Waals surface area (Å²) in [5.74, 6) is -0.648. The van der Waals surface area contributed by atoms with Gasteiger partial charge in [0.25, 0.3) is 5.91 Å². The van der Waals surface area contributed by atoms with Gasteiger partial charge in [-0.1, -0.05) is 41.1 Å². The fraction of sp³-hybridized carbons (Fsp3) is 0.316. The van der Waals surface area contributed by atoms with Crippen molar-refractivity contribution in [1.82, 2.24) is 9.97 Å². The Hall–Kier alpha value is -2.22. The lowest BCUT2D eigenvalue weighted by Gasteiger charge is -2.39. The number of fused-ring (bicyclic) bond motifs is 1. The van der Waals surface area contributed by atoms with E-state index in [1.54, 1.807) is 23.5 Å². The molecule has 1 unspecified atom stereocenters. The fourth-order valence-corrected chi connectivity index (χ4v) is 4.80. The molecule has 2 aromatic heterocycles. The van der Waals surface area contributed by atoms with Crippen molar-refractivity contribution in [1.29, 1.82) is 0 Å². The minimum Gasteiger partial charge on any atom is -0.375 e. The highest BCUT2D eigenvalue weighted by molar-refractivity contribution is 7.22. The number of para-hydroxylation sites is 1. The fourth-order valence-electron chi connectivity index (χ4n) is 3.58. The van der Waals surface area contributed by atoms with Crippen LogP contribution in [0.1, 0.15) is 24.8 Å². The van der Waals surface area contributed by atoms with E-state index in [1.807, 2.05) is 24.3 Å². The van der Waals surface area contributed by atoms with Crippen LogP contribution in [0.4, 0.5) is 5.13 Å². The average molecular weight is 403 g/mol. The number of nitrogens with zero attached hydrogens (tertiary/aromatic N) is 2. The van der Waals surface area contributed by atoms with Gasteiger partial charge in [-0.2, -0.15) is 0 Å². The first-order valence-corrected chi connectivity index (χ1v) is 9.90. The van der Waals surface area contributed by atoms with Crippen molar-refractivity contribution in [2.24, 2.45) is 11.7 Å². The minimum atomic E-state index is -1.81. The summed E-state index contributed by atoms with van der Waals surface area (Å²) in [6, 6.07) is 11.5. The zero-order chi connectivity index (χ0) is 19.0. The predicted octanol–water partition coefficient (Wildman–Crippen LogP) is 3.30. The summed E-state index contributed by atoms with van der Waals surface area (Å²) >= 11 is 7.70. The first-order valence-electron chi connectivity index (χ1n) is 8.71. The van der Waals surface area contributed by atoms with Gasteiger partial charge in [0.15, 0.2) is 10.7 Å². The molecular weight excluding hydrogens is 384 g/mol. The first kappa shape index (κ1) is 18.2. The zero-order valence-electron chi connectivity index (χ0n) is 14.4. The van der Waals surface area contributed by atoms with Gasteiger partial charge in [0.2, 0.25) is 0 Å². The van der Waals surface area contributed by atoms with Crippen LogP contribution in [0.2, 0.25) is 5.15 Å². The Morgan fingerprint density at radius 3 is 2.81 bits per heavy atom. The van der Waals surface area contributed by atoms with Crippen LogP contribution in [-0.4, -0.2) is 27.0 Å². The van der Waals surface area contributed by atoms with Gasteiger partial charge >= 0.3 is 0 Å². The number of carbonyl (C=O) groups excluding carboxylic acids is 1. The molecule has 0 saturated heterocycles. The van der Waals surface area contributed by atoms with Gasteiger partial charge in [0, 0.05) is 17.8 Å². The molecule has 0 aliphatic heterocycles. The quantitative estimate of drug-likeness (QED) is 0.549. The number of benzene rings is 1. The SMILES string of the molecule is NC(=O)C(O)(CC1CC(Nc2nc3ccccc3s2)C1)c1cccnc1Cl. The van der Waals surface area contributed by atoms with Gasteiger partial charge in [-0.25, -0.2) is 9.97 Å². The zero-order valence-corrected chi connectivity index (χ0v) is 16.0. The number of halogens is 1. The van der Waals surface area contributed by atoms with Crippen LogP contribution in [-0.2, 0) is 10.4 Å². The Labute approximate surface area is 165 Å². The van der Waals surface area contributed by atoms with Crippen molar-refractivity contribution in [3.8, 4) is 0 Å². The molecule has 4 rings (SSSR count). The van der Waals surface area contributed by atoms with Gasteiger partial charge in [-0.15, -0.1) is 0 Å². The maximum Gasteiger partial charge on any atom is 0.254 e. The second-order valence-corrected chi connectivity index (χ2v) is 8.32. The summed E-state index contributed by atoms with van der Waals surface area (Å²) in [5.41, 5.74) is 4.94. The monoisotopic (exact) mass is 402 g/mol. The predicted molar refractivity (Wildman–Crippen MR) is 107 cm³/mol. The number of rotatable bonds is 6. The molecule has 1 saturated carbocycles. The second-order valence-electron chi connectivity index (χ2n) is 6.94. The molecule has 140 valence electrons. The number of thiazole rings is 1. The first-order chi connectivity index (χ1) is 13.0. The number of nitrogens with one attached hydrogen (secondary N) is 1. The molecule has 0 radical (unpaired) electrons. The van der Waals surface area contributed by atoms with Crippen molar-refractivity contribution in [2.45, 2.75) is 30.9 Å². The van der Waals surface area contributed by atoms with Crippen LogP contribution in [0, 0.1) is 5.92 Å². The van der Waals surface area contributed by atoms with Gasteiger partial charge in [0.05, 0.1) is 10.2 Å². The summed E-state index contributed by atoms with van der Waals surface area (Å²) in [4.78, 5) is 20.5. The second kappa shape index (κ2) is 7.07. The standard InChI is InChI=1S/C19H19ClN4O2S/c20-16-13(4-3-7-22-16)19(26,17(21)25)10-11-8-12(9-11)23-18-24-14-5-1-2-6-15(14)27-18/h1-7,11-12,26H,8-10H2,(H2,21,25)(H,23,24). The Morgan fingerprint density at radius 1 is 1.33 bits per heavy atom. The number of hydrogen-bond acceptors (Lipinski definition) is 6. The van der Waals surface area contributed by atoms with E-state index in [1.165, 1.54) is 6.20 Å². The molecule has 1 aromatic carbocycles. The minimum absolute atomic E-state index is 0.0993. The maximum absolute atomic E-state index is 12.0. The van der Waals surface area contributed by atoms with Crippen LogP contribution in [0.25, 0.3) is 10.2 Å². The molecule has 27 heavy (non-hydrogen) atoms. The third-order valence-electron chi connectivity index (χ3n) is 5.05. The van der Waals surface area contributed by atoms with Crippen molar-refractivity contribution in [2.75, 3.05) is 5.32 Å². The van der Waals surface area contributed by atoms with E-state index in [4.69, 9.17) is 17.3 Å². The van der Waals surface area contributed by atoms with Crippen LogP contribution < -0.4 is 11.1 Å². The summed E-state index contributed by atoms with van der Waals surface area (Å²) in [7, 11) is 0. The number of carbonyl (C=O) groups is 1. The third-order valence-corrected chi connectivity index (χ3v) is 6.32. The summed E-state index contributed by atoms with van der Waals surface area (Å²) in [6.07, 6.45) is 3.38. The molecule has 0 spiro atoms. The van der Waals surface area contributed by atoms with E-state index in [2.05, 4.69) is 15.3 Å². The lowest BCUT2D eigenvalue weighted by molar-refractivity contribution is -0.140. The van der Waals surface area contributed by atoms with Crippen LogP contribution >= 0.6 is 22.9 Å². The molecule has 1 amide bonds. The molecule has 8 heteroatoms. The average Bonchev–Trinajstić information content (AvgIpc) is 3.02. The van der Waals surface area contributed by atoms with Gasteiger partial charge in [0.1, 0.15) is 5.15 Å². The number of aliphatic hydroxyl groups is 1. The summed E-state index contributed by atoms with van der Waals surface area (Å²) in [5, 5.41) is 15.3. The van der Waals surface area contributed by atoms with Gasteiger partial charge in [-0.05, 0) is 43.4 Å². The largest absolute Gasteiger partial charge is 0.375 e. The Bertz CT molecular complexity index is 956. The highest BCUT2D eigenvalue weighted by atomic mass is 35.5. The Kier molecular flexibility index (Phi) is 4.75. The lowest BCUT2D eigenvalue weighted by atomic mass is 9.72. The number of nitrogens with two attached hydrogens (primary N) is 1. The number of hydrogen-bond donors (Lipinski definition) is 3. The molecule has 6 nitrogen and oxygen atoms in total. The van der Waals surface area contributed by atoms with E-state index < -0.39 is 11.5 Å². The molecule has 1 fully saturated rings. The number of anilines is 1. The van der Waals surface area contributed by atoms with Crippen molar-refractivity contribution in [3.63, 3.8) is 0 Å². The van der Waals surface area contributed by atoms with Gasteiger partial charge < -0.3 is 16.2 Å². The van der Waals surface area contributed by atoms with E-state index in [9.17, 15) is 9.90 Å². The lowest BCUT2D eigenvalue weighted by Crippen LogP contribution is -2.46. The van der Waals surface area contributed by atoms with Crippen LogP contribution in [0.15, 0.2) is 42.6 Å². The Balaban J connectivity index is 1.41. The molecule has 4 N–H and O–H groups in total. The van der Waals surface area contributed by atoms with Crippen molar-refractivity contribution < 1.29 is 9.90 Å². The number of aromatic nitrogens is 2. The van der Waals surface area contributed by atoms with E-state index >= 15 is 0 Å². The van der Waals surface area contributed by atoms with Crippen LogP contribution in [0.5, 0.6) is 0 Å².